The molecule has 21 heavy (non-hydrogen) atoms. The summed E-state index contributed by atoms with van der Waals surface area (Å²) in [4.78, 5) is 34.4. The SMILES string of the molecule is CC(=O)SC1CC(=O)N(c2cc([N+](=O)[O-])c(F)cc2Br)C1. The Morgan fingerprint density at radius 3 is 2.81 bits per heavy atom. The highest BCUT2D eigenvalue weighted by Crippen LogP contribution is 2.36. The van der Waals surface area contributed by atoms with Crippen LogP contribution in [-0.4, -0.2) is 27.7 Å². The van der Waals surface area contributed by atoms with Gasteiger partial charge in [-0.3, -0.25) is 19.7 Å². The number of nitro groups is 1. The molecule has 9 heteroatoms. The van der Waals surface area contributed by atoms with Crippen molar-refractivity contribution in [3.05, 3.63) is 32.5 Å². The second kappa shape index (κ2) is 6.10. The summed E-state index contributed by atoms with van der Waals surface area (Å²) >= 11 is 4.17. The van der Waals surface area contributed by atoms with Gasteiger partial charge in [-0.1, -0.05) is 11.8 Å². The maximum absolute atomic E-state index is 13.5. The molecule has 112 valence electrons. The van der Waals surface area contributed by atoms with Crippen molar-refractivity contribution in [1.29, 1.82) is 0 Å². The average Bonchev–Trinajstić information content (AvgIpc) is 2.68. The number of nitrogens with zero attached hydrogens (tertiary/aromatic N) is 2. The Kier molecular flexibility index (Phi) is 4.62. The molecule has 1 atom stereocenters. The van der Waals surface area contributed by atoms with E-state index in [-0.39, 0.29) is 39.4 Å². The number of thioether (sulfide) groups is 1. The molecule has 1 saturated heterocycles. The quantitative estimate of drug-likeness (QED) is 0.598. The van der Waals surface area contributed by atoms with Gasteiger partial charge in [0.05, 0.1) is 10.6 Å². The first kappa shape index (κ1) is 15.9. The Balaban J connectivity index is 2.34. The highest BCUT2D eigenvalue weighted by atomic mass is 79.9. The summed E-state index contributed by atoms with van der Waals surface area (Å²) in [5.74, 6) is -1.23. The fourth-order valence-electron chi connectivity index (χ4n) is 2.09. The first-order valence-corrected chi connectivity index (χ1v) is 7.58. The molecule has 0 aliphatic carbocycles. The van der Waals surface area contributed by atoms with E-state index in [1.165, 1.54) is 11.8 Å². The van der Waals surface area contributed by atoms with Crippen LogP contribution in [0.25, 0.3) is 0 Å². The number of anilines is 1. The fraction of sp³-hybridized carbons (Fsp3) is 0.333. The largest absolute Gasteiger partial charge is 0.310 e. The molecule has 0 saturated carbocycles. The molecule has 6 nitrogen and oxygen atoms in total. The number of carbonyl (C=O) groups is 2. The van der Waals surface area contributed by atoms with Crippen LogP contribution in [0.2, 0.25) is 0 Å². The van der Waals surface area contributed by atoms with Gasteiger partial charge in [-0.15, -0.1) is 0 Å². The van der Waals surface area contributed by atoms with Gasteiger partial charge in [-0.25, -0.2) is 0 Å². The van der Waals surface area contributed by atoms with Gasteiger partial charge in [-0.2, -0.15) is 4.39 Å². The predicted molar refractivity (Wildman–Crippen MR) is 79.8 cm³/mol. The van der Waals surface area contributed by atoms with Gasteiger partial charge in [0, 0.05) is 35.7 Å². The third-order valence-electron chi connectivity index (χ3n) is 2.93. The smallest absolute Gasteiger partial charge is 0.306 e. The van der Waals surface area contributed by atoms with Crippen molar-refractivity contribution in [2.24, 2.45) is 0 Å². The second-order valence-electron chi connectivity index (χ2n) is 4.45. The van der Waals surface area contributed by atoms with Crippen LogP contribution in [0.3, 0.4) is 0 Å². The van der Waals surface area contributed by atoms with Crippen molar-refractivity contribution >= 4 is 50.1 Å². The number of rotatable bonds is 3. The molecule has 0 radical (unpaired) electrons. The number of amides is 1. The molecule has 0 N–H and O–H groups in total. The Bertz CT molecular complexity index is 640. The van der Waals surface area contributed by atoms with Crippen molar-refractivity contribution in [1.82, 2.24) is 0 Å². The summed E-state index contributed by atoms with van der Waals surface area (Å²) in [5.41, 5.74) is -0.455. The normalized spacial score (nSPS) is 18.1. The molecule has 1 aliphatic heterocycles. The number of hydrogen-bond donors (Lipinski definition) is 0. The highest BCUT2D eigenvalue weighted by molar-refractivity contribution is 9.10. The van der Waals surface area contributed by atoms with Crippen molar-refractivity contribution in [2.45, 2.75) is 18.6 Å². The lowest BCUT2D eigenvalue weighted by Crippen LogP contribution is -2.25. The lowest BCUT2D eigenvalue weighted by molar-refractivity contribution is -0.387. The summed E-state index contributed by atoms with van der Waals surface area (Å²) in [6.45, 7) is 1.67. The van der Waals surface area contributed by atoms with Gasteiger partial charge in [0.25, 0.3) is 0 Å². The molecule has 0 spiro atoms. The zero-order valence-corrected chi connectivity index (χ0v) is 13.2. The Morgan fingerprint density at radius 1 is 1.57 bits per heavy atom. The van der Waals surface area contributed by atoms with Crippen molar-refractivity contribution < 1.29 is 18.9 Å². The van der Waals surface area contributed by atoms with E-state index in [0.717, 1.165) is 23.9 Å². The van der Waals surface area contributed by atoms with Gasteiger partial charge in [-0.05, 0) is 22.0 Å². The minimum Gasteiger partial charge on any atom is -0.310 e. The van der Waals surface area contributed by atoms with E-state index in [4.69, 9.17) is 0 Å². The van der Waals surface area contributed by atoms with Gasteiger partial charge in [0.15, 0.2) is 5.12 Å². The molecule has 1 aromatic rings. The van der Waals surface area contributed by atoms with Crippen LogP contribution < -0.4 is 4.90 Å². The van der Waals surface area contributed by atoms with E-state index in [1.807, 2.05) is 0 Å². The van der Waals surface area contributed by atoms with E-state index >= 15 is 0 Å². The number of benzene rings is 1. The van der Waals surface area contributed by atoms with E-state index < -0.39 is 16.4 Å². The number of nitro benzene ring substituents is 1. The van der Waals surface area contributed by atoms with E-state index in [9.17, 15) is 24.1 Å². The molecule has 1 aliphatic rings. The van der Waals surface area contributed by atoms with Gasteiger partial charge >= 0.3 is 5.69 Å². The standard InChI is InChI=1S/C12H10BrFN2O4S/c1-6(17)21-7-2-12(18)15(5-7)10-4-11(16(19)20)9(14)3-8(10)13/h3-4,7H,2,5H2,1H3. The van der Waals surface area contributed by atoms with Crippen LogP contribution in [0, 0.1) is 15.9 Å². The summed E-state index contributed by atoms with van der Waals surface area (Å²) in [7, 11) is 0. The lowest BCUT2D eigenvalue weighted by Gasteiger charge is -2.18. The fourth-order valence-corrected chi connectivity index (χ4v) is 3.54. The van der Waals surface area contributed by atoms with Crippen LogP contribution >= 0.6 is 27.7 Å². The molecular weight excluding hydrogens is 367 g/mol. The Hall–Kier alpha value is -1.48. The highest BCUT2D eigenvalue weighted by Gasteiger charge is 2.34. The summed E-state index contributed by atoms with van der Waals surface area (Å²) in [6, 6.07) is 1.99. The molecule has 0 bridgehead atoms. The average molecular weight is 377 g/mol. The number of hydrogen-bond acceptors (Lipinski definition) is 5. The Morgan fingerprint density at radius 2 is 2.24 bits per heavy atom. The minimum atomic E-state index is -0.975. The van der Waals surface area contributed by atoms with Gasteiger partial charge in [0.2, 0.25) is 11.7 Å². The van der Waals surface area contributed by atoms with Gasteiger partial charge in [0.1, 0.15) is 0 Å². The first-order valence-electron chi connectivity index (χ1n) is 5.90. The van der Waals surface area contributed by atoms with E-state index in [1.54, 1.807) is 0 Å². The van der Waals surface area contributed by atoms with Crippen LogP contribution in [0.5, 0.6) is 0 Å². The van der Waals surface area contributed by atoms with Crippen molar-refractivity contribution in [3.8, 4) is 0 Å². The monoisotopic (exact) mass is 376 g/mol. The lowest BCUT2D eigenvalue weighted by atomic mass is 10.2. The van der Waals surface area contributed by atoms with Crippen LogP contribution in [0.1, 0.15) is 13.3 Å². The van der Waals surface area contributed by atoms with Crippen LogP contribution in [0.4, 0.5) is 15.8 Å². The number of halogens is 2. The Labute approximate surface area is 132 Å². The molecule has 2 rings (SSSR count). The van der Waals surface area contributed by atoms with E-state index in [0.29, 0.717) is 0 Å². The third kappa shape index (κ3) is 3.41. The summed E-state index contributed by atoms with van der Waals surface area (Å²) in [5, 5.41) is 10.5. The second-order valence-corrected chi connectivity index (χ2v) is 6.78. The zero-order valence-electron chi connectivity index (χ0n) is 10.8. The first-order chi connectivity index (χ1) is 9.79. The minimum absolute atomic E-state index is 0.0983. The molecule has 1 heterocycles. The summed E-state index contributed by atoms with van der Waals surface area (Å²) < 4.78 is 13.7. The predicted octanol–water partition coefficient (Wildman–Crippen LogP) is 2.88. The molecule has 1 fully saturated rings. The van der Waals surface area contributed by atoms with E-state index in [2.05, 4.69) is 15.9 Å². The molecular formula is C12H10BrFN2O4S. The summed E-state index contributed by atoms with van der Waals surface area (Å²) in [6.07, 6.45) is 0.169. The molecule has 1 unspecified atom stereocenters. The van der Waals surface area contributed by atoms with Crippen LogP contribution in [-0.2, 0) is 9.59 Å². The third-order valence-corrected chi connectivity index (χ3v) is 4.54. The topological polar surface area (TPSA) is 80.5 Å². The molecule has 1 amide bonds. The molecule has 0 aromatic heterocycles. The zero-order chi connectivity index (χ0) is 15.7. The van der Waals surface area contributed by atoms with Crippen molar-refractivity contribution in [3.63, 3.8) is 0 Å². The van der Waals surface area contributed by atoms with Crippen LogP contribution in [0.15, 0.2) is 16.6 Å². The van der Waals surface area contributed by atoms with Gasteiger partial charge < -0.3 is 4.90 Å². The molecule has 1 aromatic carbocycles. The van der Waals surface area contributed by atoms with Crippen molar-refractivity contribution in [2.75, 3.05) is 11.4 Å². The maximum Gasteiger partial charge on any atom is 0.306 e. The number of carbonyl (C=O) groups excluding carboxylic acids is 2. The maximum atomic E-state index is 13.5.